The first-order chi connectivity index (χ1) is 9.10. The molecule has 3 N–H and O–H groups in total. The molecule has 0 aromatic heterocycles. The number of rotatable bonds is 3. The van der Waals surface area contributed by atoms with Crippen LogP contribution in [0, 0.1) is 3.57 Å². The summed E-state index contributed by atoms with van der Waals surface area (Å²) in [7, 11) is 1.62. The second-order valence-corrected chi connectivity index (χ2v) is 6.09. The number of carbonyl (C=O) groups excluding carboxylic acids is 1. The highest BCUT2D eigenvalue weighted by atomic mass is 127. The van der Waals surface area contributed by atoms with Crippen LogP contribution in [0.5, 0.6) is 5.75 Å². The first kappa shape index (κ1) is 14.6. The summed E-state index contributed by atoms with van der Waals surface area (Å²) >= 11 is 2.16. The summed E-state index contributed by atoms with van der Waals surface area (Å²) in [5.41, 5.74) is 6.57. The maximum Gasteiger partial charge on any atom is 0.252 e. The quantitative estimate of drug-likeness (QED) is 0.799. The van der Waals surface area contributed by atoms with E-state index in [9.17, 15) is 4.79 Å². The lowest BCUT2D eigenvalue weighted by Gasteiger charge is -2.27. The van der Waals surface area contributed by atoms with Crippen molar-refractivity contribution in [1.82, 2.24) is 5.32 Å². The van der Waals surface area contributed by atoms with Gasteiger partial charge in [-0.15, -0.1) is 0 Å². The summed E-state index contributed by atoms with van der Waals surface area (Å²) < 4.78 is 6.05. The number of ether oxygens (including phenoxy) is 1. The predicted molar refractivity (Wildman–Crippen MR) is 83.4 cm³/mol. The lowest BCUT2D eigenvalue weighted by molar-refractivity contribution is 0.0925. The van der Waals surface area contributed by atoms with E-state index in [2.05, 4.69) is 27.9 Å². The summed E-state index contributed by atoms with van der Waals surface area (Å²) in [6.07, 6.45) is 3.93. The smallest absolute Gasteiger partial charge is 0.252 e. The van der Waals surface area contributed by atoms with Crippen molar-refractivity contribution >= 4 is 28.5 Å². The molecule has 0 saturated heterocycles. The largest absolute Gasteiger partial charge is 0.497 e. The van der Waals surface area contributed by atoms with E-state index < -0.39 is 0 Å². The highest BCUT2D eigenvalue weighted by molar-refractivity contribution is 14.1. The fourth-order valence-electron chi connectivity index (χ4n) is 2.33. The number of methoxy groups -OCH3 is 1. The third-order valence-corrected chi connectivity index (χ3v) is 4.42. The number of hydrogen-bond donors (Lipinski definition) is 2. The zero-order valence-corrected chi connectivity index (χ0v) is 13.1. The maximum absolute atomic E-state index is 12.2. The van der Waals surface area contributed by atoms with E-state index in [1.54, 1.807) is 7.11 Å². The SMILES string of the molecule is COc1ccc(C(=O)NC2CCC(N)CC2)c(I)c1. The molecule has 1 amide bonds. The molecule has 2 rings (SSSR count). The van der Waals surface area contributed by atoms with Gasteiger partial charge in [-0.1, -0.05) is 0 Å². The molecule has 1 aromatic rings. The Hall–Kier alpha value is -0.820. The van der Waals surface area contributed by atoms with Crippen LogP contribution in [-0.2, 0) is 0 Å². The Morgan fingerprint density at radius 3 is 2.63 bits per heavy atom. The number of halogens is 1. The Morgan fingerprint density at radius 2 is 2.05 bits per heavy atom. The molecular weight excluding hydrogens is 355 g/mol. The van der Waals surface area contributed by atoms with Crippen LogP contribution in [0.15, 0.2) is 18.2 Å². The molecule has 5 heteroatoms. The van der Waals surface area contributed by atoms with Crippen LogP contribution in [0.3, 0.4) is 0 Å². The zero-order chi connectivity index (χ0) is 13.8. The van der Waals surface area contributed by atoms with Crippen molar-refractivity contribution in [3.63, 3.8) is 0 Å². The minimum absolute atomic E-state index is 0.00692. The van der Waals surface area contributed by atoms with E-state index in [0.717, 1.165) is 35.0 Å². The van der Waals surface area contributed by atoms with Crippen LogP contribution in [0.4, 0.5) is 0 Å². The summed E-state index contributed by atoms with van der Waals surface area (Å²) in [4.78, 5) is 12.2. The van der Waals surface area contributed by atoms with Crippen LogP contribution < -0.4 is 15.8 Å². The molecule has 0 heterocycles. The van der Waals surface area contributed by atoms with E-state index in [1.165, 1.54) is 0 Å². The predicted octanol–water partition coefficient (Wildman–Crippen LogP) is 2.30. The Morgan fingerprint density at radius 1 is 1.37 bits per heavy atom. The van der Waals surface area contributed by atoms with E-state index >= 15 is 0 Å². The molecule has 1 saturated carbocycles. The Bertz CT molecular complexity index is 457. The van der Waals surface area contributed by atoms with Crippen molar-refractivity contribution in [2.24, 2.45) is 5.73 Å². The molecule has 1 fully saturated rings. The van der Waals surface area contributed by atoms with Gasteiger partial charge in [0, 0.05) is 15.7 Å². The minimum Gasteiger partial charge on any atom is -0.497 e. The van der Waals surface area contributed by atoms with E-state index in [4.69, 9.17) is 10.5 Å². The Labute approximate surface area is 127 Å². The van der Waals surface area contributed by atoms with Crippen molar-refractivity contribution in [2.45, 2.75) is 37.8 Å². The van der Waals surface area contributed by atoms with Crippen molar-refractivity contribution in [3.8, 4) is 5.75 Å². The second-order valence-electron chi connectivity index (χ2n) is 4.93. The molecule has 104 valence electrons. The normalized spacial score (nSPS) is 22.9. The minimum atomic E-state index is -0.00692. The van der Waals surface area contributed by atoms with E-state index in [0.29, 0.717) is 11.6 Å². The van der Waals surface area contributed by atoms with Crippen LogP contribution in [0.2, 0.25) is 0 Å². The molecule has 0 aliphatic heterocycles. The molecule has 1 aliphatic rings. The molecule has 1 aromatic carbocycles. The number of benzene rings is 1. The fourth-order valence-corrected chi connectivity index (χ4v) is 3.07. The number of carbonyl (C=O) groups is 1. The lowest BCUT2D eigenvalue weighted by Crippen LogP contribution is -2.40. The Balaban J connectivity index is 2.00. The third kappa shape index (κ3) is 3.82. The molecule has 0 bridgehead atoms. The van der Waals surface area contributed by atoms with Gasteiger partial charge < -0.3 is 15.8 Å². The number of amides is 1. The molecule has 4 nitrogen and oxygen atoms in total. The number of hydrogen-bond acceptors (Lipinski definition) is 3. The summed E-state index contributed by atoms with van der Waals surface area (Å²) in [5, 5.41) is 3.09. The summed E-state index contributed by atoms with van der Waals surface area (Å²) in [6.45, 7) is 0. The van der Waals surface area contributed by atoms with Crippen molar-refractivity contribution < 1.29 is 9.53 Å². The molecule has 19 heavy (non-hydrogen) atoms. The van der Waals surface area contributed by atoms with Gasteiger partial charge in [0.1, 0.15) is 5.75 Å². The topological polar surface area (TPSA) is 64.3 Å². The van der Waals surface area contributed by atoms with Crippen LogP contribution in [-0.4, -0.2) is 25.1 Å². The maximum atomic E-state index is 12.2. The van der Waals surface area contributed by atoms with E-state index in [-0.39, 0.29) is 11.9 Å². The van der Waals surface area contributed by atoms with E-state index in [1.807, 2.05) is 18.2 Å². The lowest BCUT2D eigenvalue weighted by atomic mass is 9.91. The average Bonchev–Trinajstić information content (AvgIpc) is 2.41. The van der Waals surface area contributed by atoms with Crippen LogP contribution in [0.1, 0.15) is 36.0 Å². The van der Waals surface area contributed by atoms with Gasteiger partial charge in [-0.25, -0.2) is 0 Å². The highest BCUT2D eigenvalue weighted by Gasteiger charge is 2.21. The monoisotopic (exact) mass is 374 g/mol. The van der Waals surface area contributed by atoms with Gasteiger partial charge in [-0.2, -0.15) is 0 Å². The van der Waals surface area contributed by atoms with Gasteiger partial charge in [0.2, 0.25) is 0 Å². The third-order valence-electron chi connectivity index (χ3n) is 3.53. The molecule has 0 radical (unpaired) electrons. The van der Waals surface area contributed by atoms with Gasteiger partial charge in [0.05, 0.1) is 12.7 Å². The summed E-state index contributed by atoms with van der Waals surface area (Å²) in [5.74, 6) is 0.761. The van der Waals surface area contributed by atoms with Gasteiger partial charge in [-0.3, -0.25) is 4.79 Å². The first-order valence-electron chi connectivity index (χ1n) is 6.50. The van der Waals surface area contributed by atoms with Gasteiger partial charge in [0.25, 0.3) is 5.91 Å². The molecule has 0 unspecified atom stereocenters. The molecule has 0 atom stereocenters. The van der Waals surface area contributed by atoms with Gasteiger partial charge >= 0.3 is 0 Å². The fraction of sp³-hybridized carbons (Fsp3) is 0.500. The Kier molecular flexibility index (Phi) is 5.04. The number of nitrogens with two attached hydrogens (primary N) is 1. The van der Waals surface area contributed by atoms with Gasteiger partial charge in [-0.05, 0) is 66.5 Å². The van der Waals surface area contributed by atoms with Gasteiger partial charge in [0.15, 0.2) is 0 Å². The van der Waals surface area contributed by atoms with Crippen molar-refractivity contribution in [1.29, 1.82) is 0 Å². The molecular formula is C14H19IN2O2. The standard InChI is InChI=1S/C14H19IN2O2/c1-19-11-6-7-12(13(15)8-11)14(18)17-10-4-2-9(16)3-5-10/h6-10H,2-5,16H2,1H3,(H,17,18). The van der Waals surface area contributed by atoms with Crippen molar-refractivity contribution in [3.05, 3.63) is 27.3 Å². The molecule has 1 aliphatic carbocycles. The highest BCUT2D eigenvalue weighted by Crippen LogP contribution is 2.21. The second kappa shape index (κ2) is 6.56. The number of nitrogens with one attached hydrogen (secondary N) is 1. The average molecular weight is 374 g/mol. The zero-order valence-electron chi connectivity index (χ0n) is 11.0. The summed E-state index contributed by atoms with van der Waals surface area (Å²) in [6, 6.07) is 6.05. The van der Waals surface area contributed by atoms with Crippen LogP contribution >= 0.6 is 22.6 Å². The first-order valence-corrected chi connectivity index (χ1v) is 7.58. The van der Waals surface area contributed by atoms with Crippen molar-refractivity contribution in [2.75, 3.05) is 7.11 Å². The molecule has 0 spiro atoms. The van der Waals surface area contributed by atoms with Crippen LogP contribution in [0.25, 0.3) is 0 Å².